The smallest absolute Gasteiger partial charge is 0.0621 e. The number of hydrogen-bond acceptors (Lipinski definition) is 2. The molecule has 1 aliphatic rings. The highest BCUT2D eigenvalue weighted by Gasteiger charge is 2.27. The van der Waals surface area contributed by atoms with E-state index in [1.165, 1.54) is 12.8 Å². The Hall–Kier alpha value is -0.0800. The molecule has 2 unspecified atom stereocenters. The fraction of sp³-hybridized carbons (Fsp3) is 1.00. The largest absolute Gasteiger partial charge is 0.381 e. The molecule has 0 spiro atoms. The second kappa shape index (κ2) is 7.34. The maximum atomic E-state index is 5.36. The van der Waals surface area contributed by atoms with Crippen molar-refractivity contribution in [3.8, 4) is 0 Å². The summed E-state index contributed by atoms with van der Waals surface area (Å²) in [6.45, 7) is 6.25. The average Bonchev–Trinajstić information content (AvgIpc) is 2.22. The van der Waals surface area contributed by atoms with Gasteiger partial charge in [0.1, 0.15) is 0 Å². The summed E-state index contributed by atoms with van der Waals surface area (Å²) in [4.78, 5) is 0. The molecule has 0 aliphatic heterocycles. The third-order valence-corrected chi connectivity index (χ3v) is 2.71. The lowest BCUT2D eigenvalue weighted by atomic mass is 9.86. The van der Waals surface area contributed by atoms with Crippen LogP contribution in [0.1, 0.15) is 40.0 Å². The quantitative estimate of drug-likeness (QED) is 0.663. The molecule has 2 heteroatoms. The minimum atomic E-state index is 0.411. The topological polar surface area (TPSA) is 18.5 Å². The first-order chi connectivity index (χ1) is 6.27. The molecule has 0 aromatic heterocycles. The van der Waals surface area contributed by atoms with Gasteiger partial charge in [-0.15, -0.1) is 0 Å². The highest BCUT2D eigenvalue weighted by Crippen LogP contribution is 2.27. The van der Waals surface area contributed by atoms with Gasteiger partial charge in [-0.1, -0.05) is 20.8 Å². The zero-order valence-corrected chi connectivity index (χ0v) is 9.67. The summed E-state index contributed by atoms with van der Waals surface area (Å²) < 4.78 is 10.6. The molecule has 0 N–H and O–H groups in total. The van der Waals surface area contributed by atoms with Crippen LogP contribution in [-0.4, -0.2) is 26.4 Å². The maximum Gasteiger partial charge on any atom is 0.0621 e. The summed E-state index contributed by atoms with van der Waals surface area (Å²) in [6.07, 6.45) is 4.33. The fourth-order valence-corrected chi connectivity index (χ4v) is 1.79. The van der Waals surface area contributed by atoms with E-state index in [0.29, 0.717) is 18.1 Å². The molecule has 0 amide bonds. The molecule has 13 heavy (non-hydrogen) atoms. The van der Waals surface area contributed by atoms with Gasteiger partial charge >= 0.3 is 0 Å². The van der Waals surface area contributed by atoms with E-state index in [1.807, 2.05) is 13.8 Å². The predicted octanol–water partition coefficient (Wildman–Crippen LogP) is 2.86. The third-order valence-electron chi connectivity index (χ3n) is 2.71. The molecule has 2 nitrogen and oxygen atoms in total. The van der Waals surface area contributed by atoms with Crippen molar-refractivity contribution in [1.29, 1.82) is 0 Å². The number of rotatable bonds is 2. The Morgan fingerprint density at radius 3 is 2.08 bits per heavy atom. The van der Waals surface area contributed by atoms with Gasteiger partial charge in [0.2, 0.25) is 0 Å². The van der Waals surface area contributed by atoms with Gasteiger partial charge in [0, 0.05) is 14.2 Å². The molecule has 1 saturated carbocycles. The molecule has 1 rings (SSSR count). The summed E-state index contributed by atoms with van der Waals surface area (Å²) in [5, 5.41) is 0. The standard InChI is InChI=1S/C9H18O2.C2H6/c1-7-4-5-8(10-2)6-9(7)11-3;1-2/h7-9H,4-6H2,1-3H3;1-2H3/t7-,8?,9?;/m1./s1. The Morgan fingerprint density at radius 2 is 1.62 bits per heavy atom. The van der Waals surface area contributed by atoms with Crippen LogP contribution >= 0.6 is 0 Å². The molecule has 3 atom stereocenters. The van der Waals surface area contributed by atoms with E-state index >= 15 is 0 Å². The molecule has 1 fully saturated rings. The van der Waals surface area contributed by atoms with Crippen molar-refractivity contribution in [3.63, 3.8) is 0 Å². The Balaban J connectivity index is 0.000000671. The first kappa shape index (κ1) is 12.9. The zero-order chi connectivity index (χ0) is 10.3. The second-order valence-electron chi connectivity index (χ2n) is 3.42. The van der Waals surface area contributed by atoms with Crippen molar-refractivity contribution < 1.29 is 9.47 Å². The van der Waals surface area contributed by atoms with E-state index in [-0.39, 0.29) is 0 Å². The fourth-order valence-electron chi connectivity index (χ4n) is 1.79. The molecule has 1 aliphatic carbocycles. The van der Waals surface area contributed by atoms with Crippen molar-refractivity contribution in [2.75, 3.05) is 14.2 Å². The summed E-state index contributed by atoms with van der Waals surface area (Å²) in [5.41, 5.74) is 0. The van der Waals surface area contributed by atoms with Crippen molar-refractivity contribution in [3.05, 3.63) is 0 Å². The highest BCUT2D eigenvalue weighted by atomic mass is 16.5. The Labute approximate surface area is 82.6 Å². The minimum Gasteiger partial charge on any atom is -0.381 e. The number of ether oxygens (including phenoxy) is 2. The Kier molecular flexibility index (Phi) is 7.29. The highest BCUT2D eigenvalue weighted by molar-refractivity contribution is 4.78. The van der Waals surface area contributed by atoms with E-state index in [2.05, 4.69) is 6.92 Å². The van der Waals surface area contributed by atoms with Crippen LogP contribution in [0.4, 0.5) is 0 Å². The van der Waals surface area contributed by atoms with Crippen LogP contribution in [0.5, 0.6) is 0 Å². The average molecular weight is 188 g/mol. The van der Waals surface area contributed by atoms with Gasteiger partial charge in [0.05, 0.1) is 12.2 Å². The molecule has 0 bridgehead atoms. The van der Waals surface area contributed by atoms with Crippen molar-refractivity contribution in [2.45, 2.75) is 52.2 Å². The van der Waals surface area contributed by atoms with Crippen LogP contribution in [0.2, 0.25) is 0 Å². The maximum absolute atomic E-state index is 5.36. The van der Waals surface area contributed by atoms with Crippen LogP contribution < -0.4 is 0 Å². The Morgan fingerprint density at radius 1 is 1.00 bits per heavy atom. The Bertz CT molecular complexity index is 115. The van der Waals surface area contributed by atoms with Crippen LogP contribution in [0.15, 0.2) is 0 Å². The van der Waals surface area contributed by atoms with Crippen LogP contribution in [0.25, 0.3) is 0 Å². The molecular weight excluding hydrogens is 164 g/mol. The summed E-state index contributed by atoms with van der Waals surface area (Å²) in [5.74, 6) is 0.700. The molecule has 0 aromatic rings. The summed E-state index contributed by atoms with van der Waals surface area (Å²) in [6, 6.07) is 0. The van der Waals surface area contributed by atoms with Crippen molar-refractivity contribution >= 4 is 0 Å². The number of hydrogen-bond donors (Lipinski definition) is 0. The van der Waals surface area contributed by atoms with Gasteiger partial charge in [0.25, 0.3) is 0 Å². The normalized spacial score (nSPS) is 33.5. The third kappa shape index (κ3) is 4.10. The lowest BCUT2D eigenvalue weighted by Crippen LogP contribution is -2.32. The van der Waals surface area contributed by atoms with Crippen LogP contribution in [0, 0.1) is 5.92 Å². The van der Waals surface area contributed by atoms with Gasteiger partial charge in [-0.3, -0.25) is 0 Å². The molecular formula is C11H24O2. The lowest BCUT2D eigenvalue weighted by molar-refractivity contribution is -0.0362. The van der Waals surface area contributed by atoms with Gasteiger partial charge in [-0.25, -0.2) is 0 Å². The first-order valence-corrected chi connectivity index (χ1v) is 5.33. The van der Waals surface area contributed by atoms with Gasteiger partial charge < -0.3 is 9.47 Å². The minimum absolute atomic E-state index is 0.411. The SMILES string of the molecule is CC.COC1CC[C@@H](C)C(OC)C1. The first-order valence-electron chi connectivity index (χ1n) is 5.33. The van der Waals surface area contributed by atoms with Gasteiger partial charge in [0.15, 0.2) is 0 Å². The van der Waals surface area contributed by atoms with E-state index in [4.69, 9.17) is 9.47 Å². The monoisotopic (exact) mass is 188 g/mol. The molecule has 0 saturated heterocycles. The molecule has 0 aromatic carbocycles. The van der Waals surface area contributed by atoms with E-state index in [1.54, 1.807) is 14.2 Å². The van der Waals surface area contributed by atoms with Crippen molar-refractivity contribution in [2.24, 2.45) is 5.92 Å². The van der Waals surface area contributed by atoms with Crippen LogP contribution in [0.3, 0.4) is 0 Å². The van der Waals surface area contributed by atoms with Gasteiger partial charge in [-0.05, 0) is 25.2 Å². The van der Waals surface area contributed by atoms with Crippen molar-refractivity contribution in [1.82, 2.24) is 0 Å². The van der Waals surface area contributed by atoms with E-state index in [9.17, 15) is 0 Å². The van der Waals surface area contributed by atoms with Gasteiger partial charge in [-0.2, -0.15) is 0 Å². The van der Waals surface area contributed by atoms with E-state index < -0.39 is 0 Å². The molecule has 0 radical (unpaired) electrons. The molecule has 0 heterocycles. The summed E-state index contributed by atoms with van der Waals surface area (Å²) >= 11 is 0. The number of methoxy groups -OCH3 is 2. The second-order valence-corrected chi connectivity index (χ2v) is 3.42. The zero-order valence-electron chi connectivity index (χ0n) is 9.67. The van der Waals surface area contributed by atoms with Crippen LogP contribution in [-0.2, 0) is 9.47 Å². The predicted molar refractivity (Wildman–Crippen MR) is 56.0 cm³/mol. The molecule has 80 valence electrons. The van der Waals surface area contributed by atoms with E-state index in [0.717, 1.165) is 6.42 Å². The lowest BCUT2D eigenvalue weighted by Gasteiger charge is -2.32. The summed E-state index contributed by atoms with van der Waals surface area (Å²) in [7, 11) is 3.58.